The van der Waals surface area contributed by atoms with Crippen molar-refractivity contribution >= 4 is 5.91 Å². The molecule has 8 nitrogen and oxygen atoms in total. The largest absolute Gasteiger partial charge is 0.388 e. The first-order chi connectivity index (χ1) is 9.09. The van der Waals surface area contributed by atoms with Gasteiger partial charge in [0.15, 0.2) is 6.23 Å². The monoisotopic (exact) mass is 269 g/mol. The first-order valence-electron chi connectivity index (χ1n) is 5.71. The average molecular weight is 269 g/mol. The van der Waals surface area contributed by atoms with Crippen molar-refractivity contribution in [1.29, 1.82) is 0 Å². The van der Waals surface area contributed by atoms with Crippen molar-refractivity contribution < 1.29 is 24.9 Å². The molecule has 104 valence electrons. The van der Waals surface area contributed by atoms with E-state index in [-0.39, 0.29) is 6.61 Å². The summed E-state index contributed by atoms with van der Waals surface area (Å²) < 4.78 is 5.06. The fourth-order valence-electron chi connectivity index (χ4n) is 1.64. The molecule has 1 aromatic heterocycles. The second-order valence-corrected chi connectivity index (χ2v) is 4.14. The fraction of sp³-hybridized carbons (Fsp3) is 0.455. The van der Waals surface area contributed by atoms with Crippen LogP contribution in [0.5, 0.6) is 0 Å². The molecule has 19 heavy (non-hydrogen) atoms. The number of carbonyl (C=O) groups is 1. The summed E-state index contributed by atoms with van der Waals surface area (Å²) in [6.07, 6.45) is -1.91. The Morgan fingerprint density at radius 1 is 1.37 bits per heavy atom. The standard InChI is InChI=1S/C11H15N3O5/c15-7-5-19-11(9(17)8(7)16)14-13-10(18)6-2-1-3-12-4-6/h1-4,7-9,11,14-17H,5H2,(H,13,18)/t7-,8-,9+,11?/m0/s1. The lowest BCUT2D eigenvalue weighted by Crippen LogP contribution is -2.61. The fourth-order valence-corrected chi connectivity index (χ4v) is 1.64. The van der Waals surface area contributed by atoms with Crippen LogP contribution in [0.15, 0.2) is 24.5 Å². The lowest BCUT2D eigenvalue weighted by atomic mass is 10.1. The molecule has 0 spiro atoms. The minimum Gasteiger partial charge on any atom is -0.388 e. The molecule has 1 amide bonds. The highest BCUT2D eigenvalue weighted by molar-refractivity contribution is 5.93. The molecule has 4 atom stereocenters. The molecule has 1 aliphatic rings. The highest BCUT2D eigenvalue weighted by Crippen LogP contribution is 2.13. The maximum atomic E-state index is 11.7. The molecule has 0 aromatic carbocycles. The molecule has 1 aromatic rings. The van der Waals surface area contributed by atoms with E-state index in [9.17, 15) is 20.1 Å². The van der Waals surface area contributed by atoms with Crippen LogP contribution < -0.4 is 10.9 Å². The number of pyridine rings is 1. The van der Waals surface area contributed by atoms with Gasteiger partial charge >= 0.3 is 0 Å². The summed E-state index contributed by atoms with van der Waals surface area (Å²) in [5, 5.41) is 28.3. The zero-order valence-electron chi connectivity index (χ0n) is 9.93. The first kappa shape index (κ1) is 13.8. The van der Waals surface area contributed by atoms with Crippen LogP contribution in [0.4, 0.5) is 0 Å². The third kappa shape index (κ3) is 3.25. The number of nitrogens with one attached hydrogen (secondary N) is 2. The highest BCUT2D eigenvalue weighted by atomic mass is 16.5. The molecule has 1 fully saturated rings. The lowest BCUT2D eigenvalue weighted by Gasteiger charge is -2.35. The molecule has 0 radical (unpaired) electrons. The molecule has 1 aliphatic heterocycles. The van der Waals surface area contributed by atoms with Crippen molar-refractivity contribution in [2.24, 2.45) is 0 Å². The van der Waals surface area contributed by atoms with Crippen molar-refractivity contribution in [3.8, 4) is 0 Å². The van der Waals surface area contributed by atoms with Gasteiger partial charge < -0.3 is 20.1 Å². The third-order valence-electron chi connectivity index (χ3n) is 2.75. The van der Waals surface area contributed by atoms with Crippen LogP contribution >= 0.6 is 0 Å². The van der Waals surface area contributed by atoms with Gasteiger partial charge in [-0.1, -0.05) is 0 Å². The Labute approximate surface area is 109 Å². The van der Waals surface area contributed by atoms with Crippen molar-refractivity contribution in [2.45, 2.75) is 24.5 Å². The topological polar surface area (TPSA) is 124 Å². The predicted molar refractivity (Wildman–Crippen MR) is 62.6 cm³/mol. The van der Waals surface area contributed by atoms with E-state index in [2.05, 4.69) is 15.8 Å². The normalized spacial score (nSPS) is 30.9. The number of ether oxygens (including phenoxy) is 1. The van der Waals surface area contributed by atoms with E-state index in [0.29, 0.717) is 5.56 Å². The summed E-state index contributed by atoms with van der Waals surface area (Å²) in [6.45, 7) is -0.140. The number of aromatic nitrogens is 1. The van der Waals surface area contributed by atoms with Crippen molar-refractivity contribution in [3.05, 3.63) is 30.1 Å². The highest BCUT2D eigenvalue weighted by Gasteiger charge is 2.37. The van der Waals surface area contributed by atoms with Crippen LogP contribution in [0.3, 0.4) is 0 Å². The SMILES string of the molecule is O=C(NNC1OC[C@H](O)[C@H](O)[C@H]1O)c1cccnc1. The van der Waals surface area contributed by atoms with Gasteiger partial charge in [-0.2, -0.15) is 0 Å². The van der Waals surface area contributed by atoms with Gasteiger partial charge in [-0.25, -0.2) is 5.43 Å². The second kappa shape index (κ2) is 6.04. The molecule has 2 heterocycles. The molecule has 1 saturated heterocycles. The Morgan fingerprint density at radius 3 is 2.84 bits per heavy atom. The molecule has 0 aliphatic carbocycles. The first-order valence-corrected chi connectivity index (χ1v) is 5.71. The average Bonchev–Trinajstić information content (AvgIpc) is 2.45. The Balaban J connectivity index is 1.87. The van der Waals surface area contributed by atoms with Gasteiger partial charge in [0.25, 0.3) is 5.91 Å². The molecule has 1 unspecified atom stereocenters. The number of carbonyl (C=O) groups excluding carboxylic acids is 1. The lowest BCUT2D eigenvalue weighted by molar-refractivity contribution is -0.197. The van der Waals surface area contributed by atoms with Gasteiger partial charge in [-0.05, 0) is 12.1 Å². The van der Waals surface area contributed by atoms with E-state index in [1.165, 1.54) is 12.4 Å². The number of aliphatic hydroxyl groups is 3. The van der Waals surface area contributed by atoms with E-state index >= 15 is 0 Å². The van der Waals surface area contributed by atoms with E-state index in [0.717, 1.165) is 0 Å². The van der Waals surface area contributed by atoms with Gasteiger partial charge in [0.2, 0.25) is 0 Å². The molecular formula is C11H15N3O5. The minimum absolute atomic E-state index is 0.140. The maximum absolute atomic E-state index is 11.7. The second-order valence-electron chi connectivity index (χ2n) is 4.14. The van der Waals surface area contributed by atoms with Gasteiger partial charge in [-0.15, -0.1) is 0 Å². The zero-order valence-corrected chi connectivity index (χ0v) is 9.93. The molecule has 0 saturated carbocycles. The van der Waals surface area contributed by atoms with Gasteiger partial charge in [0.1, 0.15) is 18.3 Å². The van der Waals surface area contributed by atoms with Crippen molar-refractivity contribution in [2.75, 3.05) is 6.61 Å². The summed E-state index contributed by atoms with van der Waals surface area (Å²) >= 11 is 0. The predicted octanol–water partition coefficient (Wildman–Crippen LogP) is -2.24. The number of hydrogen-bond acceptors (Lipinski definition) is 7. The van der Waals surface area contributed by atoms with Gasteiger partial charge in [-0.3, -0.25) is 15.2 Å². The maximum Gasteiger partial charge on any atom is 0.267 e. The number of aliphatic hydroxyl groups excluding tert-OH is 3. The van der Waals surface area contributed by atoms with Crippen LogP contribution in [0.2, 0.25) is 0 Å². The molecule has 0 bridgehead atoms. The zero-order chi connectivity index (χ0) is 13.8. The Kier molecular flexibility index (Phi) is 4.40. The molecule has 5 N–H and O–H groups in total. The quantitative estimate of drug-likeness (QED) is 0.393. The Hall–Kier alpha value is -1.58. The van der Waals surface area contributed by atoms with E-state index in [1.807, 2.05) is 0 Å². The summed E-state index contributed by atoms with van der Waals surface area (Å²) in [7, 11) is 0. The third-order valence-corrected chi connectivity index (χ3v) is 2.75. The Morgan fingerprint density at radius 2 is 2.16 bits per heavy atom. The van der Waals surface area contributed by atoms with Gasteiger partial charge in [0.05, 0.1) is 12.2 Å². The summed E-state index contributed by atoms with van der Waals surface area (Å²) in [5.74, 6) is -0.454. The number of nitrogens with zero attached hydrogens (tertiary/aromatic N) is 1. The number of amides is 1. The van der Waals surface area contributed by atoms with Crippen molar-refractivity contribution in [1.82, 2.24) is 15.8 Å². The van der Waals surface area contributed by atoms with Crippen LogP contribution in [-0.4, -0.2) is 57.4 Å². The van der Waals surface area contributed by atoms with Crippen LogP contribution in [0.1, 0.15) is 10.4 Å². The molecule has 2 rings (SSSR count). The van der Waals surface area contributed by atoms with E-state index in [4.69, 9.17) is 4.74 Å². The van der Waals surface area contributed by atoms with Crippen LogP contribution in [-0.2, 0) is 4.74 Å². The Bertz CT molecular complexity index is 430. The number of hydrogen-bond donors (Lipinski definition) is 5. The van der Waals surface area contributed by atoms with Crippen molar-refractivity contribution in [3.63, 3.8) is 0 Å². The van der Waals surface area contributed by atoms with Gasteiger partial charge in [0, 0.05) is 12.4 Å². The summed E-state index contributed by atoms with van der Waals surface area (Å²) in [6, 6.07) is 3.18. The molecular weight excluding hydrogens is 254 g/mol. The van der Waals surface area contributed by atoms with E-state index < -0.39 is 30.4 Å². The summed E-state index contributed by atoms with van der Waals surface area (Å²) in [4.78, 5) is 15.5. The van der Waals surface area contributed by atoms with Crippen LogP contribution in [0, 0.1) is 0 Å². The number of hydrazine groups is 1. The molecule has 8 heteroatoms. The minimum atomic E-state index is -1.35. The number of rotatable bonds is 3. The summed E-state index contributed by atoms with van der Waals surface area (Å²) in [5.41, 5.74) is 5.11. The smallest absolute Gasteiger partial charge is 0.267 e. The van der Waals surface area contributed by atoms with Crippen LogP contribution in [0.25, 0.3) is 0 Å². The van der Waals surface area contributed by atoms with E-state index in [1.54, 1.807) is 12.1 Å².